The van der Waals surface area contributed by atoms with Gasteiger partial charge in [-0.2, -0.15) is 9.40 Å². The first kappa shape index (κ1) is 18.2. The summed E-state index contributed by atoms with van der Waals surface area (Å²) in [5.74, 6) is 0. The van der Waals surface area contributed by atoms with Crippen LogP contribution in [0.5, 0.6) is 0 Å². The summed E-state index contributed by atoms with van der Waals surface area (Å²) in [6, 6.07) is 1.81. The molecule has 1 aromatic rings. The molecular weight excluding hydrogens is 344 g/mol. The van der Waals surface area contributed by atoms with Gasteiger partial charge in [0.1, 0.15) is 0 Å². The van der Waals surface area contributed by atoms with Crippen molar-refractivity contribution in [3.8, 4) is 0 Å². The Kier molecular flexibility index (Phi) is 5.30. The molecular formula is C15H26N6O3S. The van der Waals surface area contributed by atoms with E-state index in [-0.39, 0.29) is 6.03 Å². The smallest absolute Gasteiger partial charge is 0.317 e. The van der Waals surface area contributed by atoms with Gasteiger partial charge in [0.2, 0.25) is 10.0 Å². The average molecular weight is 370 g/mol. The molecule has 9 nitrogen and oxygen atoms in total. The number of amides is 2. The highest BCUT2D eigenvalue weighted by Crippen LogP contribution is 2.16. The lowest BCUT2D eigenvalue weighted by Gasteiger charge is -2.32. The van der Waals surface area contributed by atoms with Crippen molar-refractivity contribution in [3.05, 3.63) is 17.5 Å². The molecule has 0 bridgehead atoms. The van der Waals surface area contributed by atoms with Crippen LogP contribution in [0, 0.1) is 0 Å². The first-order valence-electron chi connectivity index (χ1n) is 8.55. The molecule has 2 aliphatic heterocycles. The molecule has 10 heteroatoms. The minimum atomic E-state index is -3.22. The molecule has 3 heterocycles. The molecule has 1 N–H and O–H groups in total. The maximum absolute atomic E-state index is 12.2. The zero-order valence-corrected chi connectivity index (χ0v) is 15.6. The Labute approximate surface area is 148 Å². The van der Waals surface area contributed by atoms with Crippen LogP contribution in [0.2, 0.25) is 0 Å². The van der Waals surface area contributed by atoms with Gasteiger partial charge < -0.3 is 15.1 Å². The minimum Gasteiger partial charge on any atom is -0.332 e. The van der Waals surface area contributed by atoms with Gasteiger partial charge in [0.15, 0.2) is 0 Å². The molecule has 0 aliphatic carbocycles. The molecule has 140 valence electrons. The zero-order chi connectivity index (χ0) is 18.0. The Morgan fingerprint density at radius 1 is 1.20 bits per heavy atom. The van der Waals surface area contributed by atoms with Gasteiger partial charge in [0, 0.05) is 39.3 Å². The van der Waals surface area contributed by atoms with Crippen LogP contribution >= 0.6 is 0 Å². The third kappa shape index (κ3) is 4.50. The van der Waals surface area contributed by atoms with E-state index in [0.717, 1.165) is 44.0 Å². The van der Waals surface area contributed by atoms with Crippen LogP contribution < -0.4 is 5.32 Å². The third-order valence-corrected chi connectivity index (χ3v) is 5.96. The number of sulfonamides is 1. The Morgan fingerprint density at radius 2 is 1.92 bits per heavy atom. The van der Waals surface area contributed by atoms with Crippen LogP contribution in [0.15, 0.2) is 6.07 Å². The van der Waals surface area contributed by atoms with Crippen molar-refractivity contribution in [1.82, 2.24) is 29.2 Å². The second-order valence-electron chi connectivity index (χ2n) is 6.75. The molecule has 25 heavy (non-hydrogen) atoms. The maximum atomic E-state index is 12.2. The van der Waals surface area contributed by atoms with Gasteiger partial charge in [-0.3, -0.25) is 4.68 Å². The number of nitrogens with zero attached hydrogens (tertiary/aromatic N) is 5. The number of urea groups is 1. The molecule has 0 aromatic carbocycles. The van der Waals surface area contributed by atoms with E-state index in [0.29, 0.717) is 26.2 Å². The van der Waals surface area contributed by atoms with Gasteiger partial charge in [-0.25, -0.2) is 13.2 Å². The van der Waals surface area contributed by atoms with Gasteiger partial charge in [-0.15, -0.1) is 0 Å². The molecule has 0 saturated carbocycles. The molecule has 1 aromatic heterocycles. The molecule has 0 unspecified atom stereocenters. The summed E-state index contributed by atoms with van der Waals surface area (Å²) in [5, 5.41) is 7.42. The summed E-state index contributed by atoms with van der Waals surface area (Å²) in [7, 11) is -1.17. The van der Waals surface area contributed by atoms with Gasteiger partial charge in [-0.1, -0.05) is 0 Å². The van der Waals surface area contributed by atoms with E-state index < -0.39 is 10.0 Å². The Morgan fingerprint density at radius 3 is 2.60 bits per heavy atom. The standard InChI is InChI=1S/C15H26N6O3S/c1-18-6-8-19(9-7-18)15(22)16-11-13-10-14-12-20(25(2,23)24)4-3-5-21(14)17-13/h10H,3-9,11-12H2,1-2H3,(H,16,22). The number of rotatable bonds is 3. The number of aromatic nitrogens is 2. The van der Waals surface area contributed by atoms with Crippen molar-refractivity contribution in [3.63, 3.8) is 0 Å². The highest BCUT2D eigenvalue weighted by atomic mass is 32.2. The van der Waals surface area contributed by atoms with E-state index in [2.05, 4.69) is 15.3 Å². The maximum Gasteiger partial charge on any atom is 0.317 e. The predicted octanol–water partition coefficient (Wildman–Crippen LogP) is -0.495. The third-order valence-electron chi connectivity index (χ3n) is 4.71. The minimum absolute atomic E-state index is 0.0749. The summed E-state index contributed by atoms with van der Waals surface area (Å²) in [5.41, 5.74) is 1.62. The van der Waals surface area contributed by atoms with Crippen LogP contribution in [-0.2, 0) is 29.7 Å². The van der Waals surface area contributed by atoms with Gasteiger partial charge in [0.05, 0.1) is 30.7 Å². The zero-order valence-electron chi connectivity index (χ0n) is 14.8. The summed E-state index contributed by atoms with van der Waals surface area (Å²) in [4.78, 5) is 16.2. The van der Waals surface area contributed by atoms with E-state index in [1.807, 2.05) is 22.7 Å². The van der Waals surface area contributed by atoms with Crippen molar-refractivity contribution >= 4 is 16.1 Å². The van der Waals surface area contributed by atoms with E-state index in [1.165, 1.54) is 10.6 Å². The normalized spacial score (nSPS) is 20.2. The van der Waals surface area contributed by atoms with Crippen LogP contribution in [0.3, 0.4) is 0 Å². The number of nitrogens with one attached hydrogen (secondary N) is 1. The van der Waals surface area contributed by atoms with Crippen molar-refractivity contribution < 1.29 is 13.2 Å². The molecule has 0 atom stereocenters. The highest BCUT2D eigenvalue weighted by molar-refractivity contribution is 7.88. The largest absolute Gasteiger partial charge is 0.332 e. The topological polar surface area (TPSA) is 90.8 Å². The fourth-order valence-electron chi connectivity index (χ4n) is 3.15. The van der Waals surface area contributed by atoms with Gasteiger partial charge in [-0.05, 0) is 19.5 Å². The predicted molar refractivity (Wildman–Crippen MR) is 93.4 cm³/mol. The molecule has 0 spiro atoms. The van der Waals surface area contributed by atoms with E-state index in [9.17, 15) is 13.2 Å². The summed E-state index contributed by atoms with van der Waals surface area (Å²) in [6.45, 7) is 5.10. The summed E-state index contributed by atoms with van der Waals surface area (Å²) in [6.07, 6.45) is 1.96. The Bertz CT molecular complexity index is 724. The molecule has 1 fully saturated rings. The Hall–Kier alpha value is -1.65. The second kappa shape index (κ2) is 7.30. The fourth-order valence-corrected chi connectivity index (χ4v) is 3.98. The summed E-state index contributed by atoms with van der Waals surface area (Å²) >= 11 is 0. The number of hydrogen-bond acceptors (Lipinski definition) is 5. The SMILES string of the molecule is CN1CCN(C(=O)NCc2cc3n(n2)CCCN(S(C)(=O)=O)C3)CC1. The number of carbonyl (C=O) groups excluding carboxylic acids is 1. The Balaban J connectivity index is 1.59. The van der Waals surface area contributed by atoms with Crippen molar-refractivity contribution in [2.45, 2.75) is 26.1 Å². The lowest BCUT2D eigenvalue weighted by molar-refractivity contribution is 0.154. The van der Waals surface area contributed by atoms with E-state index in [1.54, 1.807) is 0 Å². The molecule has 0 radical (unpaired) electrons. The molecule has 2 amide bonds. The molecule has 2 aliphatic rings. The lowest BCUT2D eigenvalue weighted by Crippen LogP contribution is -2.50. The van der Waals surface area contributed by atoms with Crippen LogP contribution in [0.1, 0.15) is 17.8 Å². The highest BCUT2D eigenvalue weighted by Gasteiger charge is 2.23. The number of aryl methyl sites for hydroxylation is 1. The summed E-state index contributed by atoms with van der Waals surface area (Å²) < 4.78 is 26.9. The number of piperazine rings is 1. The van der Waals surface area contributed by atoms with Crippen molar-refractivity contribution in [1.29, 1.82) is 0 Å². The van der Waals surface area contributed by atoms with Crippen LogP contribution in [0.25, 0.3) is 0 Å². The molecule has 3 rings (SSSR count). The monoisotopic (exact) mass is 370 g/mol. The van der Waals surface area contributed by atoms with Crippen LogP contribution in [-0.4, -0.2) is 84.4 Å². The van der Waals surface area contributed by atoms with Crippen molar-refractivity contribution in [2.24, 2.45) is 0 Å². The number of carbonyl (C=O) groups is 1. The lowest BCUT2D eigenvalue weighted by atomic mass is 10.3. The quantitative estimate of drug-likeness (QED) is 0.775. The van der Waals surface area contributed by atoms with Gasteiger partial charge in [0.25, 0.3) is 0 Å². The number of hydrogen-bond donors (Lipinski definition) is 1. The first-order valence-corrected chi connectivity index (χ1v) is 10.4. The number of likely N-dealkylation sites (N-methyl/N-ethyl adjacent to an activating group) is 1. The second-order valence-corrected chi connectivity index (χ2v) is 8.73. The fraction of sp³-hybridized carbons (Fsp3) is 0.733. The van der Waals surface area contributed by atoms with Gasteiger partial charge >= 0.3 is 6.03 Å². The molecule has 1 saturated heterocycles. The van der Waals surface area contributed by atoms with E-state index >= 15 is 0 Å². The van der Waals surface area contributed by atoms with Crippen molar-refractivity contribution in [2.75, 3.05) is 46.0 Å². The first-order chi connectivity index (χ1) is 11.8. The van der Waals surface area contributed by atoms with E-state index in [4.69, 9.17) is 0 Å². The average Bonchev–Trinajstić information content (AvgIpc) is 2.82. The number of fused-ring (bicyclic) bond motifs is 1. The van der Waals surface area contributed by atoms with Crippen LogP contribution in [0.4, 0.5) is 4.79 Å².